The number of amides is 1. The average molecular weight is 237 g/mol. The Kier molecular flexibility index (Phi) is 5.33. The summed E-state index contributed by atoms with van der Waals surface area (Å²) in [6.45, 7) is 2.71. The van der Waals surface area contributed by atoms with Gasteiger partial charge in [0.15, 0.2) is 0 Å². The first-order valence-corrected chi connectivity index (χ1v) is 5.74. The van der Waals surface area contributed by atoms with Crippen LogP contribution in [0.15, 0.2) is 24.3 Å². The van der Waals surface area contributed by atoms with Gasteiger partial charge in [0.2, 0.25) is 0 Å². The first kappa shape index (κ1) is 13.4. The lowest BCUT2D eigenvalue weighted by molar-refractivity contribution is 0.171. The van der Waals surface area contributed by atoms with Gasteiger partial charge >= 0.3 is 6.09 Å². The number of methoxy groups -OCH3 is 1. The Balaban J connectivity index is 2.30. The Morgan fingerprint density at radius 2 is 2.29 bits per heavy atom. The van der Waals surface area contributed by atoms with Crippen LogP contribution in [-0.2, 0) is 4.74 Å². The fraction of sp³-hybridized carbons (Fsp3) is 0.462. The van der Waals surface area contributed by atoms with Crippen molar-refractivity contribution in [1.29, 1.82) is 0 Å². The number of alkyl carbamates (subject to hydrolysis) is 1. The van der Waals surface area contributed by atoms with Crippen LogP contribution in [0.25, 0.3) is 0 Å². The van der Waals surface area contributed by atoms with Gasteiger partial charge in [-0.25, -0.2) is 4.79 Å². The van der Waals surface area contributed by atoms with E-state index in [2.05, 4.69) is 17.0 Å². The zero-order valence-corrected chi connectivity index (χ0v) is 10.3. The Bertz CT molecular complexity index is 365. The maximum atomic E-state index is 10.8. The number of rotatable bonds is 5. The predicted molar refractivity (Wildman–Crippen MR) is 66.2 cm³/mol. The molecule has 0 aliphatic heterocycles. The van der Waals surface area contributed by atoms with E-state index in [4.69, 9.17) is 0 Å². The van der Waals surface area contributed by atoms with Gasteiger partial charge < -0.3 is 15.2 Å². The van der Waals surface area contributed by atoms with Gasteiger partial charge in [-0.2, -0.15) is 0 Å². The van der Waals surface area contributed by atoms with E-state index in [1.54, 1.807) is 12.1 Å². The lowest BCUT2D eigenvalue weighted by atomic mass is 9.96. The molecule has 1 aromatic rings. The summed E-state index contributed by atoms with van der Waals surface area (Å²) in [7, 11) is 1.35. The molecule has 0 saturated heterocycles. The van der Waals surface area contributed by atoms with Crippen molar-refractivity contribution in [3.8, 4) is 5.75 Å². The van der Waals surface area contributed by atoms with Crippen molar-refractivity contribution >= 4 is 6.09 Å². The number of carbonyl (C=O) groups excluding carboxylic acids is 1. The fourth-order valence-electron chi connectivity index (χ4n) is 1.67. The van der Waals surface area contributed by atoms with Gasteiger partial charge in [-0.05, 0) is 36.5 Å². The van der Waals surface area contributed by atoms with Crippen LogP contribution < -0.4 is 5.32 Å². The third kappa shape index (κ3) is 4.76. The number of benzene rings is 1. The summed E-state index contributed by atoms with van der Waals surface area (Å²) in [5, 5.41) is 12.0. The number of hydrogen-bond acceptors (Lipinski definition) is 3. The molecule has 0 heterocycles. The molecule has 0 fully saturated rings. The summed E-state index contributed by atoms with van der Waals surface area (Å²) in [4.78, 5) is 10.8. The second-order valence-electron chi connectivity index (χ2n) is 4.06. The van der Waals surface area contributed by atoms with Crippen molar-refractivity contribution in [2.24, 2.45) is 0 Å². The zero-order valence-electron chi connectivity index (χ0n) is 10.3. The van der Waals surface area contributed by atoms with E-state index in [0.29, 0.717) is 18.2 Å². The van der Waals surface area contributed by atoms with Crippen molar-refractivity contribution in [2.75, 3.05) is 13.7 Å². The molecule has 1 aromatic carbocycles. The van der Waals surface area contributed by atoms with Crippen LogP contribution in [0.5, 0.6) is 5.75 Å². The minimum atomic E-state index is -0.394. The quantitative estimate of drug-likeness (QED) is 0.774. The molecule has 0 aromatic heterocycles. The number of hydrogen-bond donors (Lipinski definition) is 2. The van der Waals surface area contributed by atoms with E-state index in [1.165, 1.54) is 7.11 Å². The van der Waals surface area contributed by atoms with Gasteiger partial charge in [0.1, 0.15) is 5.75 Å². The Morgan fingerprint density at radius 1 is 1.53 bits per heavy atom. The number of aromatic hydroxyl groups is 1. The molecule has 0 aliphatic rings. The van der Waals surface area contributed by atoms with Gasteiger partial charge in [0.05, 0.1) is 7.11 Å². The number of carbonyl (C=O) groups is 1. The van der Waals surface area contributed by atoms with E-state index in [1.807, 2.05) is 12.1 Å². The van der Waals surface area contributed by atoms with Crippen LogP contribution >= 0.6 is 0 Å². The number of phenols is 1. The van der Waals surface area contributed by atoms with Crippen molar-refractivity contribution in [2.45, 2.75) is 25.7 Å². The van der Waals surface area contributed by atoms with E-state index in [0.717, 1.165) is 18.4 Å². The zero-order chi connectivity index (χ0) is 12.7. The molecule has 0 bridgehead atoms. The molecule has 1 atom stereocenters. The van der Waals surface area contributed by atoms with Crippen LogP contribution in [0.2, 0.25) is 0 Å². The molecular weight excluding hydrogens is 218 g/mol. The van der Waals surface area contributed by atoms with Crippen molar-refractivity contribution < 1.29 is 14.6 Å². The molecule has 0 aliphatic carbocycles. The average Bonchev–Trinajstić information content (AvgIpc) is 2.34. The third-order valence-electron chi connectivity index (χ3n) is 2.71. The van der Waals surface area contributed by atoms with E-state index in [9.17, 15) is 9.90 Å². The number of phenolic OH excluding ortho intramolecular Hbond substituents is 1. The maximum Gasteiger partial charge on any atom is 0.406 e. The van der Waals surface area contributed by atoms with Crippen molar-refractivity contribution in [1.82, 2.24) is 5.32 Å². The van der Waals surface area contributed by atoms with Crippen molar-refractivity contribution in [3.63, 3.8) is 0 Å². The summed E-state index contributed by atoms with van der Waals surface area (Å²) in [5.74, 6) is 0.656. The van der Waals surface area contributed by atoms with Gasteiger partial charge in [0.25, 0.3) is 0 Å². The standard InChI is InChI=1S/C13H19NO3/c1-10(5-4-8-14-13(16)17-2)11-6-3-7-12(15)9-11/h3,6-7,9-10,15H,4-5,8H2,1-2H3,(H,14,16). The predicted octanol–water partition coefficient (Wildman–Crippen LogP) is 2.63. The van der Waals surface area contributed by atoms with E-state index < -0.39 is 6.09 Å². The van der Waals surface area contributed by atoms with E-state index >= 15 is 0 Å². The smallest absolute Gasteiger partial charge is 0.406 e. The minimum absolute atomic E-state index is 0.294. The van der Waals surface area contributed by atoms with Gasteiger partial charge in [-0.3, -0.25) is 0 Å². The highest BCUT2D eigenvalue weighted by molar-refractivity contribution is 5.66. The molecule has 4 nitrogen and oxygen atoms in total. The molecule has 0 spiro atoms. The van der Waals surface area contributed by atoms with E-state index in [-0.39, 0.29) is 0 Å². The first-order valence-electron chi connectivity index (χ1n) is 5.74. The van der Waals surface area contributed by atoms with Gasteiger partial charge in [-0.1, -0.05) is 19.1 Å². The second kappa shape index (κ2) is 6.78. The van der Waals surface area contributed by atoms with Gasteiger partial charge in [-0.15, -0.1) is 0 Å². The summed E-state index contributed by atoms with van der Waals surface area (Å²) in [6.07, 6.45) is 1.44. The van der Waals surface area contributed by atoms with Crippen LogP contribution in [0, 0.1) is 0 Å². The molecule has 94 valence electrons. The van der Waals surface area contributed by atoms with Crippen LogP contribution in [0.3, 0.4) is 0 Å². The molecule has 2 N–H and O–H groups in total. The second-order valence-corrected chi connectivity index (χ2v) is 4.06. The molecule has 0 saturated carbocycles. The molecule has 1 rings (SSSR count). The van der Waals surface area contributed by atoms with Crippen LogP contribution in [0.1, 0.15) is 31.2 Å². The molecule has 1 unspecified atom stereocenters. The molecular formula is C13H19NO3. The highest BCUT2D eigenvalue weighted by Crippen LogP contribution is 2.23. The summed E-state index contributed by atoms with van der Waals surface area (Å²) >= 11 is 0. The Hall–Kier alpha value is -1.71. The maximum absolute atomic E-state index is 10.8. The summed E-state index contributed by atoms with van der Waals surface area (Å²) < 4.78 is 4.47. The molecule has 17 heavy (non-hydrogen) atoms. The highest BCUT2D eigenvalue weighted by Gasteiger charge is 2.06. The summed E-state index contributed by atoms with van der Waals surface area (Å²) in [6, 6.07) is 7.28. The number of nitrogens with one attached hydrogen (secondary N) is 1. The van der Waals surface area contributed by atoms with Crippen LogP contribution in [0.4, 0.5) is 4.79 Å². The normalized spacial score (nSPS) is 11.9. The SMILES string of the molecule is COC(=O)NCCCC(C)c1cccc(O)c1. The third-order valence-corrected chi connectivity index (χ3v) is 2.71. The largest absolute Gasteiger partial charge is 0.508 e. The molecule has 1 amide bonds. The molecule has 4 heteroatoms. The number of ether oxygens (including phenoxy) is 1. The topological polar surface area (TPSA) is 58.6 Å². The highest BCUT2D eigenvalue weighted by atomic mass is 16.5. The fourth-order valence-corrected chi connectivity index (χ4v) is 1.67. The van der Waals surface area contributed by atoms with Crippen molar-refractivity contribution in [3.05, 3.63) is 29.8 Å². The summed E-state index contributed by atoms with van der Waals surface area (Å²) in [5.41, 5.74) is 1.11. The lowest BCUT2D eigenvalue weighted by Gasteiger charge is -2.12. The first-order chi connectivity index (χ1) is 8.13. The van der Waals surface area contributed by atoms with Crippen LogP contribution in [-0.4, -0.2) is 24.9 Å². The van der Waals surface area contributed by atoms with Gasteiger partial charge in [0, 0.05) is 6.54 Å². The Labute approximate surface area is 102 Å². The Morgan fingerprint density at radius 3 is 2.94 bits per heavy atom. The molecule has 0 radical (unpaired) electrons. The monoisotopic (exact) mass is 237 g/mol. The lowest BCUT2D eigenvalue weighted by Crippen LogP contribution is -2.24. The minimum Gasteiger partial charge on any atom is -0.508 e.